The quantitative estimate of drug-likeness (QED) is 0.831. The molecule has 2 saturated heterocycles. The summed E-state index contributed by atoms with van der Waals surface area (Å²) in [5.41, 5.74) is 2.03. The van der Waals surface area contributed by atoms with Gasteiger partial charge in [0.15, 0.2) is 5.79 Å². The van der Waals surface area contributed by atoms with Crippen LogP contribution in [0.4, 0.5) is 0 Å². The molecule has 2 fully saturated rings. The third-order valence-electron chi connectivity index (χ3n) is 4.24. The highest BCUT2D eigenvalue weighted by atomic mass is 16.7. The van der Waals surface area contributed by atoms with Crippen LogP contribution in [-0.4, -0.2) is 42.9 Å². The molecule has 108 valence electrons. The van der Waals surface area contributed by atoms with Crippen LogP contribution in [0.25, 0.3) is 0 Å². The molecule has 0 N–H and O–H groups in total. The van der Waals surface area contributed by atoms with E-state index in [9.17, 15) is 4.79 Å². The molecule has 1 amide bonds. The van der Waals surface area contributed by atoms with Crippen molar-refractivity contribution in [3.05, 3.63) is 35.4 Å². The molecule has 20 heavy (non-hydrogen) atoms. The number of hydrogen-bond donors (Lipinski definition) is 0. The summed E-state index contributed by atoms with van der Waals surface area (Å²) in [6, 6.07) is 7.91. The number of amides is 1. The first-order valence-corrected chi connectivity index (χ1v) is 7.38. The van der Waals surface area contributed by atoms with Crippen LogP contribution < -0.4 is 0 Å². The summed E-state index contributed by atoms with van der Waals surface area (Å²) >= 11 is 0. The van der Waals surface area contributed by atoms with Gasteiger partial charge < -0.3 is 14.4 Å². The van der Waals surface area contributed by atoms with E-state index in [2.05, 4.69) is 6.92 Å². The van der Waals surface area contributed by atoms with Crippen molar-refractivity contribution in [1.82, 2.24) is 4.90 Å². The Labute approximate surface area is 119 Å². The van der Waals surface area contributed by atoms with E-state index in [1.165, 1.54) is 5.56 Å². The fraction of sp³-hybridized carbons (Fsp3) is 0.562. The van der Waals surface area contributed by atoms with Crippen LogP contribution in [0.1, 0.15) is 35.7 Å². The maximum atomic E-state index is 12.4. The number of nitrogens with zero attached hydrogens (tertiary/aromatic N) is 1. The van der Waals surface area contributed by atoms with Crippen molar-refractivity contribution in [1.29, 1.82) is 0 Å². The van der Waals surface area contributed by atoms with Crippen molar-refractivity contribution >= 4 is 5.91 Å². The summed E-state index contributed by atoms with van der Waals surface area (Å²) in [5.74, 6) is -0.302. The largest absolute Gasteiger partial charge is 0.347 e. The van der Waals surface area contributed by atoms with Gasteiger partial charge in [0.05, 0.1) is 13.2 Å². The number of hydrogen-bond acceptors (Lipinski definition) is 3. The molecule has 1 spiro atoms. The van der Waals surface area contributed by atoms with Crippen molar-refractivity contribution in [3.8, 4) is 0 Å². The Morgan fingerprint density at radius 1 is 1.15 bits per heavy atom. The molecule has 0 unspecified atom stereocenters. The van der Waals surface area contributed by atoms with E-state index in [1.807, 2.05) is 29.2 Å². The Balaban J connectivity index is 1.63. The Bertz CT molecular complexity index is 467. The van der Waals surface area contributed by atoms with Crippen LogP contribution in [-0.2, 0) is 15.9 Å². The zero-order chi connectivity index (χ0) is 14.0. The van der Waals surface area contributed by atoms with E-state index >= 15 is 0 Å². The minimum Gasteiger partial charge on any atom is -0.347 e. The monoisotopic (exact) mass is 275 g/mol. The normalized spacial score (nSPS) is 21.4. The Morgan fingerprint density at radius 2 is 1.75 bits per heavy atom. The van der Waals surface area contributed by atoms with Gasteiger partial charge in [0.1, 0.15) is 0 Å². The number of likely N-dealkylation sites (tertiary alicyclic amines) is 1. The lowest BCUT2D eigenvalue weighted by Gasteiger charge is -2.37. The predicted octanol–water partition coefficient (Wildman–Crippen LogP) is 2.23. The molecule has 0 saturated carbocycles. The second-order valence-electron chi connectivity index (χ2n) is 5.45. The highest BCUT2D eigenvalue weighted by Gasteiger charge is 2.40. The Hall–Kier alpha value is -1.39. The second kappa shape index (κ2) is 5.54. The number of carbonyl (C=O) groups excluding carboxylic acids is 1. The average Bonchev–Trinajstić information content (AvgIpc) is 2.96. The zero-order valence-corrected chi connectivity index (χ0v) is 11.9. The van der Waals surface area contributed by atoms with Crippen LogP contribution in [0, 0.1) is 0 Å². The average molecular weight is 275 g/mol. The number of piperidine rings is 1. The highest BCUT2D eigenvalue weighted by Crippen LogP contribution is 2.31. The minimum absolute atomic E-state index is 0.112. The third-order valence-corrected chi connectivity index (χ3v) is 4.24. The van der Waals surface area contributed by atoms with E-state index in [0.717, 1.165) is 24.8 Å². The van der Waals surface area contributed by atoms with Gasteiger partial charge in [-0.1, -0.05) is 19.1 Å². The number of ether oxygens (including phenoxy) is 2. The van der Waals surface area contributed by atoms with E-state index in [4.69, 9.17) is 9.47 Å². The maximum absolute atomic E-state index is 12.4. The van der Waals surface area contributed by atoms with Gasteiger partial charge >= 0.3 is 0 Å². The van der Waals surface area contributed by atoms with Gasteiger partial charge in [-0.05, 0) is 24.1 Å². The van der Waals surface area contributed by atoms with Crippen LogP contribution in [0.2, 0.25) is 0 Å². The van der Waals surface area contributed by atoms with Gasteiger partial charge in [-0.3, -0.25) is 4.79 Å². The van der Waals surface area contributed by atoms with Crippen LogP contribution in [0.3, 0.4) is 0 Å². The Kier molecular flexibility index (Phi) is 3.76. The molecule has 2 heterocycles. The molecular weight excluding hydrogens is 254 g/mol. The number of benzene rings is 1. The van der Waals surface area contributed by atoms with Gasteiger partial charge in [-0.25, -0.2) is 0 Å². The highest BCUT2D eigenvalue weighted by molar-refractivity contribution is 5.94. The molecule has 4 nitrogen and oxygen atoms in total. The predicted molar refractivity (Wildman–Crippen MR) is 75.6 cm³/mol. The van der Waals surface area contributed by atoms with Crippen LogP contribution in [0.5, 0.6) is 0 Å². The molecule has 0 aliphatic carbocycles. The Morgan fingerprint density at radius 3 is 2.30 bits per heavy atom. The summed E-state index contributed by atoms with van der Waals surface area (Å²) in [6.45, 7) is 4.87. The fourth-order valence-electron chi connectivity index (χ4n) is 2.90. The first-order valence-electron chi connectivity index (χ1n) is 7.38. The van der Waals surface area contributed by atoms with E-state index in [-0.39, 0.29) is 5.91 Å². The van der Waals surface area contributed by atoms with Crippen molar-refractivity contribution in [3.63, 3.8) is 0 Å². The van der Waals surface area contributed by atoms with Gasteiger partial charge in [-0.15, -0.1) is 0 Å². The lowest BCUT2D eigenvalue weighted by atomic mass is 10.0. The topological polar surface area (TPSA) is 38.8 Å². The van der Waals surface area contributed by atoms with E-state index in [1.54, 1.807) is 0 Å². The van der Waals surface area contributed by atoms with Gasteiger partial charge in [-0.2, -0.15) is 0 Å². The second-order valence-corrected chi connectivity index (χ2v) is 5.45. The standard InChI is InChI=1S/C16H21NO3/c1-2-13-3-5-14(6-4-13)15(18)17-9-7-16(8-10-17)19-11-12-20-16/h3-6H,2,7-12H2,1H3. The van der Waals surface area contributed by atoms with Gasteiger partial charge in [0.25, 0.3) is 5.91 Å². The molecule has 0 atom stereocenters. The van der Waals surface area contributed by atoms with Crippen molar-refractivity contribution in [2.45, 2.75) is 32.0 Å². The molecule has 0 aromatic heterocycles. The third kappa shape index (κ3) is 2.58. The molecule has 2 aliphatic rings. The maximum Gasteiger partial charge on any atom is 0.253 e. The first-order chi connectivity index (χ1) is 9.72. The molecule has 3 rings (SSSR count). The first kappa shape index (κ1) is 13.6. The number of aryl methyl sites for hydroxylation is 1. The zero-order valence-electron chi connectivity index (χ0n) is 11.9. The molecule has 2 aliphatic heterocycles. The summed E-state index contributed by atoms with van der Waals surface area (Å²) in [4.78, 5) is 14.3. The summed E-state index contributed by atoms with van der Waals surface area (Å²) < 4.78 is 11.4. The van der Waals surface area contributed by atoms with E-state index in [0.29, 0.717) is 26.3 Å². The summed E-state index contributed by atoms with van der Waals surface area (Å²) in [7, 11) is 0. The fourth-order valence-corrected chi connectivity index (χ4v) is 2.90. The number of rotatable bonds is 2. The smallest absolute Gasteiger partial charge is 0.253 e. The van der Waals surface area contributed by atoms with Crippen molar-refractivity contribution < 1.29 is 14.3 Å². The lowest BCUT2D eigenvalue weighted by molar-refractivity contribution is -0.181. The van der Waals surface area contributed by atoms with Crippen molar-refractivity contribution in [2.24, 2.45) is 0 Å². The molecule has 1 aromatic rings. The molecule has 1 aromatic carbocycles. The van der Waals surface area contributed by atoms with Crippen molar-refractivity contribution in [2.75, 3.05) is 26.3 Å². The van der Waals surface area contributed by atoms with Gasteiger partial charge in [0.2, 0.25) is 0 Å². The molecular formula is C16H21NO3. The van der Waals surface area contributed by atoms with Crippen LogP contribution in [0.15, 0.2) is 24.3 Å². The minimum atomic E-state index is -0.414. The molecule has 4 heteroatoms. The van der Waals surface area contributed by atoms with E-state index < -0.39 is 5.79 Å². The molecule has 0 radical (unpaired) electrons. The van der Waals surface area contributed by atoms with Crippen LogP contribution >= 0.6 is 0 Å². The molecule has 0 bridgehead atoms. The van der Waals surface area contributed by atoms with Gasteiger partial charge in [0, 0.05) is 31.5 Å². The lowest BCUT2D eigenvalue weighted by Crippen LogP contribution is -2.47. The summed E-state index contributed by atoms with van der Waals surface area (Å²) in [6.07, 6.45) is 2.53. The summed E-state index contributed by atoms with van der Waals surface area (Å²) in [5, 5.41) is 0. The SMILES string of the molecule is CCc1ccc(C(=O)N2CCC3(CC2)OCCO3)cc1. The number of carbonyl (C=O) groups is 1.